The molecule has 2 rings (SSSR count). The molecule has 0 heterocycles. The summed E-state index contributed by atoms with van der Waals surface area (Å²) < 4.78 is 10.2. The summed E-state index contributed by atoms with van der Waals surface area (Å²) in [6.07, 6.45) is 6.57. The third-order valence-corrected chi connectivity index (χ3v) is 3.90. The van der Waals surface area contributed by atoms with Crippen LogP contribution in [-0.2, 0) is 14.3 Å². The van der Waals surface area contributed by atoms with Gasteiger partial charge < -0.3 is 9.47 Å². The second-order valence-corrected chi connectivity index (χ2v) is 4.97. The maximum Gasteiger partial charge on any atom is 0.326 e. The van der Waals surface area contributed by atoms with Crippen molar-refractivity contribution in [1.29, 1.82) is 0 Å². The molecule has 0 spiro atoms. The van der Waals surface area contributed by atoms with Crippen LogP contribution in [0.4, 0.5) is 0 Å². The van der Waals surface area contributed by atoms with E-state index in [0.717, 1.165) is 12.8 Å². The maximum absolute atomic E-state index is 11.8. The number of hydrogen-bond donors (Lipinski definition) is 1. The summed E-state index contributed by atoms with van der Waals surface area (Å²) >= 11 is 0. The summed E-state index contributed by atoms with van der Waals surface area (Å²) in [5.41, 5.74) is -0.468. The number of carbonyl (C=O) groups excluding carboxylic acids is 1. The minimum atomic E-state index is -0.468. The molecule has 0 aliphatic heterocycles. The van der Waals surface area contributed by atoms with E-state index in [-0.39, 0.29) is 12.1 Å². The van der Waals surface area contributed by atoms with Crippen LogP contribution in [-0.4, -0.2) is 37.9 Å². The zero-order valence-electron chi connectivity index (χ0n) is 10.1. The van der Waals surface area contributed by atoms with E-state index in [1.807, 2.05) is 0 Å². The van der Waals surface area contributed by atoms with Crippen LogP contribution >= 0.6 is 0 Å². The average molecular weight is 227 g/mol. The first kappa shape index (κ1) is 11.9. The first-order valence-electron chi connectivity index (χ1n) is 6.09. The highest BCUT2D eigenvalue weighted by Gasteiger charge is 2.52. The van der Waals surface area contributed by atoms with Crippen LogP contribution in [0.15, 0.2) is 0 Å². The lowest BCUT2D eigenvalue weighted by Crippen LogP contribution is -2.65. The molecule has 2 saturated carbocycles. The topological polar surface area (TPSA) is 47.6 Å². The molecule has 16 heavy (non-hydrogen) atoms. The molecule has 1 N–H and O–H groups in total. The zero-order valence-corrected chi connectivity index (χ0v) is 10.1. The Balaban J connectivity index is 1.96. The van der Waals surface area contributed by atoms with E-state index in [9.17, 15) is 4.79 Å². The summed E-state index contributed by atoms with van der Waals surface area (Å²) in [5, 5.41) is 3.49. The lowest BCUT2D eigenvalue weighted by atomic mass is 9.73. The summed E-state index contributed by atoms with van der Waals surface area (Å²) in [4.78, 5) is 11.8. The zero-order chi connectivity index (χ0) is 11.6. The summed E-state index contributed by atoms with van der Waals surface area (Å²) in [6, 6.07) is 0.483. The second kappa shape index (κ2) is 4.72. The summed E-state index contributed by atoms with van der Waals surface area (Å²) in [6.45, 7) is 0. The molecule has 0 atom stereocenters. The number of methoxy groups -OCH3 is 2. The molecule has 0 saturated heterocycles. The molecule has 2 aliphatic rings. The van der Waals surface area contributed by atoms with E-state index in [1.54, 1.807) is 7.11 Å². The Hall–Kier alpha value is -0.610. The van der Waals surface area contributed by atoms with Gasteiger partial charge in [0, 0.05) is 26.0 Å². The van der Waals surface area contributed by atoms with Gasteiger partial charge in [-0.1, -0.05) is 12.8 Å². The third-order valence-electron chi connectivity index (χ3n) is 3.90. The number of rotatable bonds is 4. The van der Waals surface area contributed by atoms with Gasteiger partial charge in [0.2, 0.25) is 0 Å². The van der Waals surface area contributed by atoms with Crippen molar-refractivity contribution in [3.8, 4) is 0 Å². The molecule has 2 aliphatic carbocycles. The fourth-order valence-electron chi connectivity index (χ4n) is 2.88. The third kappa shape index (κ3) is 2.09. The molecule has 0 unspecified atom stereocenters. The van der Waals surface area contributed by atoms with Gasteiger partial charge >= 0.3 is 5.97 Å². The van der Waals surface area contributed by atoms with E-state index >= 15 is 0 Å². The van der Waals surface area contributed by atoms with E-state index < -0.39 is 5.54 Å². The Morgan fingerprint density at radius 1 is 1.25 bits per heavy atom. The first-order valence-corrected chi connectivity index (χ1v) is 6.09. The molecule has 0 aromatic rings. The SMILES string of the molecule is COC(=O)C1(NC2CCCC2)CC(OC)C1. The van der Waals surface area contributed by atoms with Crippen molar-refractivity contribution < 1.29 is 14.3 Å². The molecule has 2 fully saturated rings. The minimum Gasteiger partial charge on any atom is -0.468 e. The van der Waals surface area contributed by atoms with Gasteiger partial charge in [0.25, 0.3) is 0 Å². The van der Waals surface area contributed by atoms with Gasteiger partial charge in [-0.25, -0.2) is 0 Å². The van der Waals surface area contributed by atoms with Crippen LogP contribution in [0.1, 0.15) is 38.5 Å². The van der Waals surface area contributed by atoms with Crippen molar-refractivity contribution in [3.63, 3.8) is 0 Å². The van der Waals surface area contributed by atoms with Crippen LogP contribution in [0.25, 0.3) is 0 Å². The Morgan fingerprint density at radius 2 is 1.88 bits per heavy atom. The fourth-order valence-corrected chi connectivity index (χ4v) is 2.88. The molecule has 0 amide bonds. The quantitative estimate of drug-likeness (QED) is 0.734. The van der Waals surface area contributed by atoms with Gasteiger partial charge in [0.1, 0.15) is 5.54 Å². The molecule has 0 aromatic heterocycles. The monoisotopic (exact) mass is 227 g/mol. The molecule has 4 nitrogen and oxygen atoms in total. The van der Waals surface area contributed by atoms with Crippen molar-refractivity contribution in [2.45, 2.75) is 56.2 Å². The standard InChI is InChI=1S/C12H21NO3/c1-15-10-7-12(8-10,11(14)16-2)13-9-5-3-4-6-9/h9-10,13H,3-8H2,1-2H3. The number of esters is 1. The minimum absolute atomic E-state index is 0.132. The van der Waals surface area contributed by atoms with Crippen LogP contribution in [0, 0.1) is 0 Å². The van der Waals surface area contributed by atoms with Gasteiger partial charge in [0.15, 0.2) is 0 Å². The van der Waals surface area contributed by atoms with Gasteiger partial charge in [-0.05, 0) is 12.8 Å². The van der Waals surface area contributed by atoms with Crippen LogP contribution in [0.3, 0.4) is 0 Å². The lowest BCUT2D eigenvalue weighted by molar-refractivity contribution is -0.160. The highest BCUT2D eigenvalue weighted by atomic mass is 16.5. The smallest absolute Gasteiger partial charge is 0.326 e. The van der Waals surface area contributed by atoms with E-state index in [4.69, 9.17) is 9.47 Å². The largest absolute Gasteiger partial charge is 0.468 e. The number of hydrogen-bond acceptors (Lipinski definition) is 4. The highest BCUT2D eigenvalue weighted by Crippen LogP contribution is 2.37. The van der Waals surface area contributed by atoms with Gasteiger partial charge in [-0.2, -0.15) is 0 Å². The van der Waals surface area contributed by atoms with Crippen molar-refractivity contribution in [1.82, 2.24) is 5.32 Å². The van der Waals surface area contributed by atoms with E-state index in [0.29, 0.717) is 6.04 Å². The predicted octanol–water partition coefficient (Wildman–Crippen LogP) is 1.24. The van der Waals surface area contributed by atoms with Gasteiger partial charge in [-0.15, -0.1) is 0 Å². The Labute approximate surface area is 96.7 Å². The van der Waals surface area contributed by atoms with Gasteiger partial charge in [0.05, 0.1) is 13.2 Å². The highest BCUT2D eigenvalue weighted by molar-refractivity contribution is 5.82. The Bertz CT molecular complexity index is 255. The van der Waals surface area contributed by atoms with Gasteiger partial charge in [-0.3, -0.25) is 10.1 Å². The predicted molar refractivity (Wildman–Crippen MR) is 60.2 cm³/mol. The van der Waals surface area contributed by atoms with Crippen molar-refractivity contribution in [2.75, 3.05) is 14.2 Å². The molecular formula is C12H21NO3. The lowest BCUT2D eigenvalue weighted by Gasteiger charge is -2.46. The summed E-state index contributed by atoms with van der Waals surface area (Å²) in [5.74, 6) is -0.132. The molecular weight excluding hydrogens is 206 g/mol. The second-order valence-electron chi connectivity index (χ2n) is 4.97. The van der Waals surface area contributed by atoms with Crippen molar-refractivity contribution in [2.24, 2.45) is 0 Å². The molecule has 0 radical (unpaired) electrons. The number of carbonyl (C=O) groups is 1. The van der Waals surface area contributed by atoms with Crippen LogP contribution in [0.5, 0.6) is 0 Å². The Kier molecular flexibility index (Phi) is 3.50. The number of nitrogens with one attached hydrogen (secondary N) is 1. The van der Waals surface area contributed by atoms with Crippen molar-refractivity contribution in [3.05, 3.63) is 0 Å². The van der Waals surface area contributed by atoms with Crippen LogP contribution < -0.4 is 5.32 Å². The summed E-state index contributed by atoms with van der Waals surface area (Å²) in [7, 11) is 3.15. The average Bonchev–Trinajstić information content (AvgIpc) is 2.74. The van der Waals surface area contributed by atoms with E-state index in [1.165, 1.54) is 32.8 Å². The maximum atomic E-state index is 11.8. The van der Waals surface area contributed by atoms with Crippen LogP contribution in [0.2, 0.25) is 0 Å². The number of ether oxygens (including phenoxy) is 2. The first-order chi connectivity index (χ1) is 7.70. The van der Waals surface area contributed by atoms with Crippen molar-refractivity contribution >= 4 is 5.97 Å². The molecule has 4 heteroatoms. The molecule has 0 bridgehead atoms. The normalized spacial score (nSPS) is 34.8. The molecule has 0 aromatic carbocycles. The van der Waals surface area contributed by atoms with E-state index in [2.05, 4.69) is 5.32 Å². The Morgan fingerprint density at radius 3 is 2.38 bits per heavy atom. The molecule has 92 valence electrons. The fraction of sp³-hybridized carbons (Fsp3) is 0.917.